The molecular weight excluding hydrogens is 246 g/mol. The summed E-state index contributed by atoms with van der Waals surface area (Å²) in [6, 6.07) is 4.29. The van der Waals surface area contributed by atoms with Crippen LogP contribution in [0.4, 0.5) is 5.69 Å². The maximum atomic E-state index is 6.41. The molecule has 94 valence electrons. The van der Waals surface area contributed by atoms with Crippen LogP contribution < -0.4 is 4.90 Å². The van der Waals surface area contributed by atoms with E-state index in [4.69, 9.17) is 11.6 Å². The van der Waals surface area contributed by atoms with Gasteiger partial charge in [0, 0.05) is 43.7 Å². The van der Waals surface area contributed by atoms with Crippen LogP contribution in [-0.4, -0.2) is 23.4 Å². The molecule has 1 aromatic heterocycles. The molecule has 0 N–H and O–H groups in total. The lowest BCUT2D eigenvalue weighted by molar-refractivity contribution is 0.745. The lowest BCUT2D eigenvalue weighted by atomic mass is 9.97. The fraction of sp³-hybridized carbons (Fsp3) is 0.357. The van der Waals surface area contributed by atoms with Gasteiger partial charge in [0.15, 0.2) is 0 Å². The van der Waals surface area contributed by atoms with E-state index >= 15 is 0 Å². The zero-order valence-electron chi connectivity index (χ0n) is 10.7. The van der Waals surface area contributed by atoms with Crippen molar-refractivity contribution < 1.29 is 0 Å². The van der Waals surface area contributed by atoms with Crippen LogP contribution in [0.25, 0.3) is 11.1 Å². The van der Waals surface area contributed by atoms with Crippen LogP contribution in [0.3, 0.4) is 0 Å². The Hall–Kier alpha value is -1.48. The van der Waals surface area contributed by atoms with E-state index in [2.05, 4.69) is 29.2 Å². The number of hydrogen-bond donors (Lipinski definition) is 0. The Morgan fingerprint density at radius 1 is 1.28 bits per heavy atom. The molecule has 0 spiro atoms. The van der Waals surface area contributed by atoms with Crippen molar-refractivity contribution in [1.29, 1.82) is 0 Å². The summed E-state index contributed by atoms with van der Waals surface area (Å²) in [5.74, 6) is 0. The van der Waals surface area contributed by atoms with E-state index in [9.17, 15) is 0 Å². The number of benzene rings is 1. The molecule has 0 radical (unpaired) electrons. The maximum absolute atomic E-state index is 6.41. The first-order valence-electron chi connectivity index (χ1n) is 6.18. The first-order chi connectivity index (χ1) is 8.65. The molecule has 0 aliphatic carbocycles. The predicted octanol–water partition coefficient (Wildman–Crippen LogP) is 3.12. The van der Waals surface area contributed by atoms with Crippen LogP contribution in [0, 0.1) is 0 Å². The molecule has 2 heterocycles. The Balaban J connectivity index is 2.12. The first-order valence-corrected chi connectivity index (χ1v) is 6.55. The zero-order valence-corrected chi connectivity index (χ0v) is 11.4. The second-order valence-electron chi connectivity index (χ2n) is 4.89. The van der Waals surface area contributed by atoms with Crippen molar-refractivity contribution in [2.24, 2.45) is 7.05 Å². The highest BCUT2D eigenvalue weighted by Gasteiger charge is 2.17. The molecule has 1 aliphatic heterocycles. The highest BCUT2D eigenvalue weighted by atomic mass is 35.5. The van der Waals surface area contributed by atoms with E-state index in [1.54, 1.807) is 4.68 Å². The summed E-state index contributed by atoms with van der Waals surface area (Å²) in [6.45, 7) is 1.11. The lowest BCUT2D eigenvalue weighted by Crippen LogP contribution is -2.24. The van der Waals surface area contributed by atoms with Crippen molar-refractivity contribution >= 4 is 17.3 Å². The summed E-state index contributed by atoms with van der Waals surface area (Å²) in [7, 11) is 4.04. The van der Waals surface area contributed by atoms with Gasteiger partial charge in [-0.25, -0.2) is 0 Å². The van der Waals surface area contributed by atoms with Gasteiger partial charge in [0.2, 0.25) is 0 Å². The lowest BCUT2D eigenvalue weighted by Gasteiger charge is -2.28. The summed E-state index contributed by atoms with van der Waals surface area (Å²) < 4.78 is 1.80. The number of hydrogen-bond acceptors (Lipinski definition) is 2. The third kappa shape index (κ3) is 1.89. The van der Waals surface area contributed by atoms with E-state index in [0.717, 1.165) is 29.1 Å². The van der Waals surface area contributed by atoms with E-state index < -0.39 is 0 Å². The van der Waals surface area contributed by atoms with E-state index in [-0.39, 0.29) is 0 Å². The minimum Gasteiger partial charge on any atom is -0.374 e. The van der Waals surface area contributed by atoms with Gasteiger partial charge < -0.3 is 4.90 Å². The van der Waals surface area contributed by atoms with Crippen LogP contribution >= 0.6 is 11.6 Å². The molecule has 3 nitrogen and oxygen atoms in total. The average Bonchev–Trinajstić information content (AvgIpc) is 2.76. The number of aryl methyl sites for hydroxylation is 2. The van der Waals surface area contributed by atoms with Gasteiger partial charge in [-0.3, -0.25) is 4.68 Å². The summed E-state index contributed by atoms with van der Waals surface area (Å²) >= 11 is 6.41. The summed E-state index contributed by atoms with van der Waals surface area (Å²) in [5.41, 5.74) is 4.81. The molecule has 1 aliphatic rings. The Labute approximate surface area is 112 Å². The van der Waals surface area contributed by atoms with Crippen LogP contribution in [0.1, 0.15) is 12.0 Å². The van der Waals surface area contributed by atoms with Gasteiger partial charge >= 0.3 is 0 Å². The third-order valence-corrected chi connectivity index (χ3v) is 3.85. The zero-order chi connectivity index (χ0) is 12.7. The molecule has 3 rings (SSSR count). The van der Waals surface area contributed by atoms with Gasteiger partial charge in [0.25, 0.3) is 0 Å². The SMILES string of the molecule is CN1CCCc2cc(-c3cnn(C)c3)c(Cl)cc21. The second kappa shape index (κ2) is 4.32. The van der Waals surface area contributed by atoms with Crippen LogP contribution in [0.2, 0.25) is 5.02 Å². The van der Waals surface area contributed by atoms with Gasteiger partial charge in [-0.2, -0.15) is 5.10 Å². The fourth-order valence-corrected chi connectivity index (χ4v) is 2.84. The average molecular weight is 262 g/mol. The number of rotatable bonds is 1. The Morgan fingerprint density at radius 3 is 2.83 bits per heavy atom. The van der Waals surface area contributed by atoms with Gasteiger partial charge in [-0.1, -0.05) is 11.6 Å². The molecule has 2 aromatic rings. The van der Waals surface area contributed by atoms with Crippen molar-refractivity contribution in [3.63, 3.8) is 0 Å². The van der Waals surface area contributed by atoms with Gasteiger partial charge in [0.05, 0.1) is 11.2 Å². The summed E-state index contributed by atoms with van der Waals surface area (Å²) in [5, 5.41) is 5.01. The number of nitrogens with zero attached hydrogens (tertiary/aromatic N) is 3. The molecule has 0 saturated carbocycles. The number of fused-ring (bicyclic) bond motifs is 1. The topological polar surface area (TPSA) is 21.1 Å². The fourth-order valence-electron chi connectivity index (χ4n) is 2.57. The minimum absolute atomic E-state index is 0.801. The van der Waals surface area contributed by atoms with Gasteiger partial charge in [-0.05, 0) is 30.5 Å². The van der Waals surface area contributed by atoms with Gasteiger partial charge in [-0.15, -0.1) is 0 Å². The van der Waals surface area contributed by atoms with Crippen molar-refractivity contribution in [3.8, 4) is 11.1 Å². The molecule has 0 amide bonds. The largest absolute Gasteiger partial charge is 0.374 e. The van der Waals surface area contributed by atoms with Gasteiger partial charge in [0.1, 0.15) is 0 Å². The van der Waals surface area contributed by atoms with Crippen molar-refractivity contribution in [1.82, 2.24) is 9.78 Å². The molecular formula is C14H16ClN3. The highest BCUT2D eigenvalue weighted by molar-refractivity contribution is 6.33. The Kier molecular flexibility index (Phi) is 2.78. The third-order valence-electron chi connectivity index (χ3n) is 3.54. The molecule has 0 bridgehead atoms. The van der Waals surface area contributed by atoms with Crippen LogP contribution in [-0.2, 0) is 13.5 Å². The molecule has 0 unspecified atom stereocenters. The van der Waals surface area contributed by atoms with Crippen molar-refractivity contribution in [3.05, 3.63) is 35.1 Å². The molecule has 4 heteroatoms. The number of anilines is 1. The van der Waals surface area contributed by atoms with E-state index in [1.807, 2.05) is 19.4 Å². The van der Waals surface area contributed by atoms with Crippen LogP contribution in [0.15, 0.2) is 24.5 Å². The quantitative estimate of drug-likeness (QED) is 0.787. The highest BCUT2D eigenvalue weighted by Crippen LogP contribution is 2.36. The van der Waals surface area contributed by atoms with E-state index in [0.29, 0.717) is 0 Å². The van der Waals surface area contributed by atoms with Crippen molar-refractivity contribution in [2.75, 3.05) is 18.5 Å². The smallest absolute Gasteiger partial charge is 0.0568 e. The second-order valence-corrected chi connectivity index (χ2v) is 5.30. The summed E-state index contributed by atoms with van der Waals surface area (Å²) in [4.78, 5) is 2.28. The standard InChI is InChI=1S/C14H16ClN3/c1-17-5-3-4-10-6-12(13(15)7-14(10)17)11-8-16-18(2)9-11/h6-9H,3-5H2,1-2H3. The first kappa shape index (κ1) is 11.6. The maximum Gasteiger partial charge on any atom is 0.0568 e. The molecule has 0 saturated heterocycles. The molecule has 0 fully saturated rings. The van der Waals surface area contributed by atoms with Crippen LogP contribution in [0.5, 0.6) is 0 Å². The predicted molar refractivity (Wildman–Crippen MR) is 75.2 cm³/mol. The number of halogens is 1. The number of aromatic nitrogens is 2. The monoisotopic (exact) mass is 261 g/mol. The summed E-state index contributed by atoms with van der Waals surface area (Å²) in [6.07, 6.45) is 6.20. The molecule has 1 aromatic carbocycles. The van der Waals surface area contributed by atoms with E-state index in [1.165, 1.54) is 17.7 Å². The normalized spacial score (nSPS) is 14.7. The molecule has 0 atom stereocenters. The minimum atomic E-state index is 0.801. The molecule has 18 heavy (non-hydrogen) atoms. The van der Waals surface area contributed by atoms with Crippen molar-refractivity contribution in [2.45, 2.75) is 12.8 Å². The Bertz CT molecular complexity index is 589. The Morgan fingerprint density at radius 2 is 2.11 bits per heavy atom.